The number of nitrogens with zero attached hydrogens (tertiary/aromatic N) is 2. The van der Waals surface area contributed by atoms with E-state index < -0.39 is 0 Å². The summed E-state index contributed by atoms with van der Waals surface area (Å²) in [6.45, 7) is 3.08. The zero-order valence-electron chi connectivity index (χ0n) is 8.63. The lowest BCUT2D eigenvalue weighted by Crippen LogP contribution is -2.14. The van der Waals surface area contributed by atoms with E-state index in [4.69, 9.17) is 11.6 Å². The van der Waals surface area contributed by atoms with E-state index in [2.05, 4.69) is 44.4 Å². The van der Waals surface area contributed by atoms with Gasteiger partial charge in [0.05, 0.1) is 4.47 Å². The lowest BCUT2D eigenvalue weighted by molar-refractivity contribution is 0.699. The topological polar surface area (TPSA) is 37.8 Å². The van der Waals surface area contributed by atoms with Gasteiger partial charge in [0.25, 0.3) is 0 Å². The molecule has 0 radical (unpaired) electrons. The molecule has 0 amide bonds. The van der Waals surface area contributed by atoms with Gasteiger partial charge in [-0.25, -0.2) is 9.97 Å². The number of anilines is 1. The van der Waals surface area contributed by atoms with E-state index in [1.54, 1.807) is 0 Å². The van der Waals surface area contributed by atoms with Crippen LogP contribution in [0.2, 0.25) is 5.15 Å². The molecule has 3 nitrogen and oxygen atoms in total. The first-order chi connectivity index (χ1) is 7.15. The van der Waals surface area contributed by atoms with Crippen molar-refractivity contribution in [1.29, 1.82) is 0 Å². The van der Waals surface area contributed by atoms with Gasteiger partial charge in [-0.15, -0.1) is 0 Å². The van der Waals surface area contributed by atoms with Crippen LogP contribution >= 0.6 is 39.3 Å². The van der Waals surface area contributed by atoms with Gasteiger partial charge < -0.3 is 5.32 Å². The van der Waals surface area contributed by atoms with Gasteiger partial charge in [-0.1, -0.05) is 18.5 Å². The lowest BCUT2D eigenvalue weighted by atomic mass is 10.2. The van der Waals surface area contributed by atoms with Crippen LogP contribution in [0.1, 0.15) is 6.92 Å². The Balaban J connectivity index is 2.54. The van der Waals surface area contributed by atoms with Crippen molar-refractivity contribution in [3.63, 3.8) is 0 Å². The summed E-state index contributed by atoms with van der Waals surface area (Å²) in [7, 11) is 0. The fraction of sp³-hybridized carbons (Fsp3) is 0.556. The van der Waals surface area contributed by atoms with Crippen LogP contribution in [0.15, 0.2) is 10.8 Å². The molecule has 1 aromatic heterocycles. The fourth-order valence-corrected chi connectivity index (χ4v) is 2.25. The molecule has 0 aliphatic carbocycles. The van der Waals surface area contributed by atoms with Crippen LogP contribution in [0.25, 0.3) is 0 Å². The van der Waals surface area contributed by atoms with Crippen molar-refractivity contribution in [3.8, 4) is 0 Å². The first kappa shape index (κ1) is 13.1. The van der Waals surface area contributed by atoms with Crippen LogP contribution < -0.4 is 5.32 Å². The van der Waals surface area contributed by atoms with Gasteiger partial charge in [-0.05, 0) is 33.9 Å². The monoisotopic (exact) mass is 309 g/mol. The molecule has 1 rings (SSSR count). The predicted molar refractivity (Wildman–Crippen MR) is 70.8 cm³/mol. The van der Waals surface area contributed by atoms with Gasteiger partial charge in [-0.2, -0.15) is 11.8 Å². The first-order valence-corrected chi connectivity index (χ1v) is 7.10. The van der Waals surface area contributed by atoms with Crippen LogP contribution in [0.5, 0.6) is 0 Å². The molecule has 0 aliphatic heterocycles. The van der Waals surface area contributed by atoms with E-state index in [0.717, 1.165) is 22.6 Å². The average molecular weight is 311 g/mol. The highest BCUT2D eigenvalue weighted by Crippen LogP contribution is 2.26. The SMILES string of the molecule is CSCC(C)CNc1ncnc(Cl)c1Br. The van der Waals surface area contributed by atoms with Gasteiger partial charge >= 0.3 is 0 Å². The van der Waals surface area contributed by atoms with Crippen molar-refractivity contribution < 1.29 is 0 Å². The van der Waals surface area contributed by atoms with Gasteiger partial charge in [0, 0.05) is 6.54 Å². The van der Waals surface area contributed by atoms with Crippen molar-refractivity contribution in [2.24, 2.45) is 5.92 Å². The number of hydrogen-bond donors (Lipinski definition) is 1. The molecular weight excluding hydrogens is 298 g/mol. The summed E-state index contributed by atoms with van der Waals surface area (Å²) in [6.07, 6.45) is 3.56. The lowest BCUT2D eigenvalue weighted by Gasteiger charge is -2.12. The van der Waals surface area contributed by atoms with Crippen LogP contribution in [0, 0.1) is 5.92 Å². The Kier molecular flexibility index (Phi) is 5.71. The first-order valence-electron chi connectivity index (χ1n) is 4.54. The molecule has 1 heterocycles. The predicted octanol–water partition coefficient (Wildman–Crippen LogP) is 3.30. The number of thioether (sulfide) groups is 1. The zero-order chi connectivity index (χ0) is 11.3. The van der Waals surface area contributed by atoms with Crippen LogP contribution in [0.3, 0.4) is 0 Å². The van der Waals surface area contributed by atoms with Crippen molar-refractivity contribution in [3.05, 3.63) is 16.0 Å². The molecule has 1 unspecified atom stereocenters. The van der Waals surface area contributed by atoms with Crippen LogP contribution in [-0.4, -0.2) is 28.5 Å². The molecule has 6 heteroatoms. The average Bonchev–Trinajstić information content (AvgIpc) is 2.21. The van der Waals surface area contributed by atoms with E-state index in [1.165, 1.54) is 6.33 Å². The number of halogens is 2. The van der Waals surface area contributed by atoms with E-state index >= 15 is 0 Å². The van der Waals surface area contributed by atoms with E-state index in [0.29, 0.717) is 11.1 Å². The molecule has 1 aromatic rings. The molecule has 0 bridgehead atoms. The van der Waals surface area contributed by atoms with Crippen molar-refractivity contribution in [1.82, 2.24) is 9.97 Å². The van der Waals surface area contributed by atoms with E-state index in [1.807, 2.05) is 11.8 Å². The second-order valence-corrected chi connectivity index (χ2v) is 5.33. The summed E-state index contributed by atoms with van der Waals surface area (Å²) in [4.78, 5) is 7.98. The molecule has 84 valence electrons. The summed E-state index contributed by atoms with van der Waals surface area (Å²) in [5, 5.41) is 3.68. The molecule has 1 N–H and O–H groups in total. The maximum atomic E-state index is 5.85. The molecular formula is C9H13BrClN3S. The molecule has 15 heavy (non-hydrogen) atoms. The quantitative estimate of drug-likeness (QED) is 0.847. The second kappa shape index (κ2) is 6.55. The summed E-state index contributed by atoms with van der Waals surface area (Å²) in [5.74, 6) is 2.48. The summed E-state index contributed by atoms with van der Waals surface area (Å²) in [5.41, 5.74) is 0. The maximum Gasteiger partial charge on any atom is 0.148 e. The molecule has 0 saturated carbocycles. The van der Waals surface area contributed by atoms with Crippen LogP contribution in [-0.2, 0) is 0 Å². The van der Waals surface area contributed by atoms with E-state index in [9.17, 15) is 0 Å². The third-order valence-electron chi connectivity index (χ3n) is 1.82. The Morgan fingerprint density at radius 1 is 1.60 bits per heavy atom. The fourth-order valence-electron chi connectivity index (χ4n) is 1.09. The Morgan fingerprint density at radius 3 is 3.00 bits per heavy atom. The van der Waals surface area contributed by atoms with E-state index in [-0.39, 0.29) is 0 Å². The third kappa shape index (κ3) is 4.17. The summed E-state index contributed by atoms with van der Waals surface area (Å²) < 4.78 is 0.725. The molecule has 1 atom stereocenters. The summed E-state index contributed by atoms with van der Waals surface area (Å²) >= 11 is 11.0. The number of rotatable bonds is 5. The van der Waals surface area contributed by atoms with Gasteiger partial charge in [0.1, 0.15) is 17.3 Å². The van der Waals surface area contributed by atoms with Crippen molar-refractivity contribution in [2.45, 2.75) is 6.92 Å². The minimum Gasteiger partial charge on any atom is -0.369 e. The normalized spacial score (nSPS) is 12.5. The van der Waals surface area contributed by atoms with Crippen LogP contribution in [0.4, 0.5) is 5.82 Å². The molecule has 0 aromatic carbocycles. The highest BCUT2D eigenvalue weighted by Gasteiger charge is 2.07. The highest BCUT2D eigenvalue weighted by atomic mass is 79.9. The van der Waals surface area contributed by atoms with Crippen molar-refractivity contribution in [2.75, 3.05) is 23.9 Å². The second-order valence-electron chi connectivity index (χ2n) is 3.27. The van der Waals surface area contributed by atoms with Crippen molar-refractivity contribution >= 4 is 45.1 Å². The summed E-state index contributed by atoms with van der Waals surface area (Å²) in [6, 6.07) is 0. The number of nitrogens with one attached hydrogen (secondary N) is 1. The molecule has 0 saturated heterocycles. The largest absolute Gasteiger partial charge is 0.369 e. The number of aromatic nitrogens is 2. The van der Waals surface area contributed by atoms with Gasteiger partial charge in [0.15, 0.2) is 0 Å². The standard InChI is InChI=1S/C9H13BrClN3S/c1-6(4-15-2)3-12-9-7(10)8(11)13-5-14-9/h5-6H,3-4H2,1-2H3,(H,12,13,14). The Bertz CT molecular complexity index is 324. The van der Waals surface area contributed by atoms with Gasteiger partial charge in [0.2, 0.25) is 0 Å². The zero-order valence-corrected chi connectivity index (χ0v) is 11.8. The minimum absolute atomic E-state index is 0.435. The molecule has 0 spiro atoms. The smallest absolute Gasteiger partial charge is 0.148 e. The molecule has 0 fully saturated rings. The molecule has 0 aliphatic rings. The Hall–Kier alpha value is -0.0000000000000000555. The minimum atomic E-state index is 0.435. The Labute approximate surface area is 108 Å². The third-order valence-corrected chi connectivity index (χ3v) is 3.98. The highest BCUT2D eigenvalue weighted by molar-refractivity contribution is 9.10. The number of hydrogen-bond acceptors (Lipinski definition) is 4. The Morgan fingerprint density at radius 2 is 2.33 bits per heavy atom. The van der Waals surface area contributed by atoms with Gasteiger partial charge in [-0.3, -0.25) is 0 Å². The maximum absolute atomic E-state index is 5.85.